The average Bonchev–Trinajstić information content (AvgIpc) is 2.62. The van der Waals surface area contributed by atoms with Gasteiger partial charge in [-0.1, -0.05) is 11.6 Å². The molecule has 8 heteroatoms. The first-order valence-electron chi connectivity index (χ1n) is 8.74. The summed E-state index contributed by atoms with van der Waals surface area (Å²) in [5, 5.41) is 0.0203. The molecule has 2 aliphatic rings. The van der Waals surface area contributed by atoms with E-state index in [-0.39, 0.29) is 35.3 Å². The SMILES string of the molecule is O=C1COc2cc(F)c(C(=O)N3CC(COc4ccc(Cl)c(F)c4)C3)cc2C1. The smallest absolute Gasteiger partial charge is 0.256 e. The molecule has 0 N–H and O–H groups in total. The predicted octanol–water partition coefficient (Wildman–Crippen LogP) is 3.27. The van der Waals surface area contributed by atoms with E-state index in [1.165, 1.54) is 23.1 Å². The standard InChI is InChI=1S/C20H16ClF2NO4/c21-16-2-1-14(5-18(16)23)27-9-11-7-24(8-11)20(26)15-4-12-3-13(25)10-28-19(12)6-17(15)22/h1-2,4-6,11H,3,7-10H2. The van der Waals surface area contributed by atoms with Crippen molar-refractivity contribution in [3.63, 3.8) is 0 Å². The highest BCUT2D eigenvalue weighted by atomic mass is 35.5. The minimum absolute atomic E-state index is 0.0203. The molecule has 4 rings (SSSR count). The van der Waals surface area contributed by atoms with Gasteiger partial charge in [-0.3, -0.25) is 9.59 Å². The molecular weight excluding hydrogens is 392 g/mol. The zero-order chi connectivity index (χ0) is 19.8. The molecule has 1 saturated heterocycles. The van der Waals surface area contributed by atoms with Crippen molar-refractivity contribution in [3.8, 4) is 11.5 Å². The van der Waals surface area contributed by atoms with E-state index in [2.05, 4.69) is 0 Å². The van der Waals surface area contributed by atoms with Crippen molar-refractivity contribution in [1.82, 2.24) is 4.90 Å². The summed E-state index contributed by atoms with van der Waals surface area (Å²) in [6.07, 6.45) is 0.129. The van der Waals surface area contributed by atoms with E-state index in [9.17, 15) is 18.4 Å². The van der Waals surface area contributed by atoms with Gasteiger partial charge in [0.05, 0.1) is 17.2 Å². The van der Waals surface area contributed by atoms with Crippen molar-refractivity contribution in [2.24, 2.45) is 5.92 Å². The summed E-state index contributed by atoms with van der Waals surface area (Å²) in [5.41, 5.74) is 0.447. The molecule has 0 radical (unpaired) electrons. The Balaban J connectivity index is 1.35. The highest BCUT2D eigenvalue weighted by Gasteiger charge is 2.33. The van der Waals surface area contributed by atoms with Gasteiger partial charge in [0, 0.05) is 43.1 Å². The number of halogens is 3. The third kappa shape index (κ3) is 3.67. The fourth-order valence-electron chi connectivity index (χ4n) is 3.25. The molecule has 0 atom stereocenters. The van der Waals surface area contributed by atoms with Crippen LogP contribution in [0.15, 0.2) is 30.3 Å². The number of likely N-dealkylation sites (tertiary alicyclic amines) is 1. The second-order valence-corrected chi connectivity index (χ2v) is 7.31. The van der Waals surface area contributed by atoms with E-state index in [0.29, 0.717) is 36.8 Å². The second-order valence-electron chi connectivity index (χ2n) is 6.91. The molecule has 28 heavy (non-hydrogen) atoms. The number of ether oxygens (including phenoxy) is 2. The van der Waals surface area contributed by atoms with E-state index < -0.39 is 17.5 Å². The Hall–Kier alpha value is -2.67. The summed E-state index contributed by atoms with van der Waals surface area (Å²) in [7, 11) is 0. The Labute approximate surface area is 164 Å². The summed E-state index contributed by atoms with van der Waals surface area (Å²) in [5.74, 6) is -1.06. The van der Waals surface area contributed by atoms with Gasteiger partial charge in [0.1, 0.15) is 29.7 Å². The van der Waals surface area contributed by atoms with Gasteiger partial charge in [0.2, 0.25) is 0 Å². The lowest BCUT2D eigenvalue weighted by Gasteiger charge is -2.39. The van der Waals surface area contributed by atoms with Crippen molar-refractivity contribution in [2.75, 3.05) is 26.3 Å². The van der Waals surface area contributed by atoms with E-state index in [4.69, 9.17) is 21.1 Å². The number of Topliss-reactive ketones (excluding diaryl/α,β-unsaturated/α-hetero) is 1. The fraction of sp³-hybridized carbons (Fsp3) is 0.300. The Morgan fingerprint density at radius 3 is 2.75 bits per heavy atom. The summed E-state index contributed by atoms with van der Waals surface area (Å²) in [6, 6.07) is 6.74. The van der Waals surface area contributed by atoms with Crippen LogP contribution in [0.1, 0.15) is 15.9 Å². The molecule has 5 nitrogen and oxygen atoms in total. The molecule has 0 spiro atoms. The van der Waals surface area contributed by atoms with Gasteiger partial charge in [-0.15, -0.1) is 0 Å². The molecule has 0 aliphatic carbocycles. The van der Waals surface area contributed by atoms with Gasteiger partial charge in [0.15, 0.2) is 5.78 Å². The van der Waals surface area contributed by atoms with Gasteiger partial charge in [-0.2, -0.15) is 0 Å². The summed E-state index contributed by atoms with van der Waals surface area (Å²) in [4.78, 5) is 25.6. The van der Waals surface area contributed by atoms with Crippen molar-refractivity contribution in [1.29, 1.82) is 0 Å². The number of benzene rings is 2. The van der Waals surface area contributed by atoms with Gasteiger partial charge >= 0.3 is 0 Å². The molecule has 2 aliphatic heterocycles. The number of ketones is 1. The Bertz CT molecular complexity index is 959. The number of rotatable bonds is 4. The monoisotopic (exact) mass is 407 g/mol. The van der Waals surface area contributed by atoms with Gasteiger partial charge in [-0.05, 0) is 18.2 Å². The van der Waals surface area contributed by atoms with Crippen LogP contribution >= 0.6 is 11.6 Å². The topological polar surface area (TPSA) is 55.8 Å². The molecule has 2 aromatic carbocycles. The van der Waals surface area contributed by atoms with E-state index in [1.807, 2.05) is 0 Å². The lowest BCUT2D eigenvalue weighted by Crippen LogP contribution is -2.52. The van der Waals surface area contributed by atoms with E-state index >= 15 is 0 Å². The number of fused-ring (bicyclic) bond motifs is 1. The molecule has 0 saturated carbocycles. The van der Waals surface area contributed by atoms with Crippen LogP contribution in [-0.4, -0.2) is 42.9 Å². The van der Waals surface area contributed by atoms with Crippen LogP contribution in [0.4, 0.5) is 8.78 Å². The maximum absolute atomic E-state index is 14.3. The number of hydrogen-bond donors (Lipinski definition) is 0. The van der Waals surface area contributed by atoms with Crippen molar-refractivity contribution < 1.29 is 27.8 Å². The van der Waals surface area contributed by atoms with Gasteiger partial charge < -0.3 is 14.4 Å². The average molecular weight is 408 g/mol. The van der Waals surface area contributed by atoms with Crippen LogP contribution < -0.4 is 9.47 Å². The third-order valence-corrected chi connectivity index (χ3v) is 5.08. The number of carbonyl (C=O) groups is 2. The molecule has 1 fully saturated rings. The normalized spacial score (nSPS) is 16.2. The zero-order valence-electron chi connectivity index (χ0n) is 14.7. The summed E-state index contributed by atoms with van der Waals surface area (Å²) >= 11 is 5.63. The second kappa shape index (κ2) is 7.39. The minimum atomic E-state index is -0.672. The van der Waals surface area contributed by atoms with Crippen molar-refractivity contribution in [3.05, 3.63) is 58.1 Å². The van der Waals surface area contributed by atoms with E-state index in [1.54, 1.807) is 6.07 Å². The molecule has 0 unspecified atom stereocenters. The maximum atomic E-state index is 14.3. The number of hydrogen-bond acceptors (Lipinski definition) is 4. The molecule has 2 heterocycles. The number of carbonyl (C=O) groups excluding carboxylic acids is 2. The quantitative estimate of drug-likeness (QED) is 0.780. The van der Waals surface area contributed by atoms with Crippen LogP contribution in [0.3, 0.4) is 0 Å². The largest absolute Gasteiger partial charge is 0.493 e. The Kier molecular flexibility index (Phi) is 4.93. The van der Waals surface area contributed by atoms with Gasteiger partial charge in [0.25, 0.3) is 5.91 Å². The number of nitrogens with zero attached hydrogens (tertiary/aromatic N) is 1. The van der Waals surface area contributed by atoms with Crippen LogP contribution in [0, 0.1) is 17.6 Å². The highest BCUT2D eigenvalue weighted by molar-refractivity contribution is 6.30. The van der Waals surface area contributed by atoms with Crippen LogP contribution in [0.5, 0.6) is 11.5 Å². The van der Waals surface area contributed by atoms with Crippen LogP contribution in [-0.2, 0) is 11.2 Å². The lowest BCUT2D eigenvalue weighted by molar-refractivity contribution is -0.121. The van der Waals surface area contributed by atoms with Crippen LogP contribution in [0.25, 0.3) is 0 Å². The first-order valence-corrected chi connectivity index (χ1v) is 9.12. The van der Waals surface area contributed by atoms with Crippen molar-refractivity contribution >= 4 is 23.3 Å². The molecule has 2 aromatic rings. The zero-order valence-corrected chi connectivity index (χ0v) is 15.5. The first kappa shape index (κ1) is 18.7. The van der Waals surface area contributed by atoms with Crippen LogP contribution in [0.2, 0.25) is 5.02 Å². The predicted molar refractivity (Wildman–Crippen MR) is 96.9 cm³/mol. The lowest BCUT2D eigenvalue weighted by atomic mass is 9.97. The summed E-state index contributed by atoms with van der Waals surface area (Å²) in [6.45, 7) is 1.03. The summed E-state index contributed by atoms with van der Waals surface area (Å²) < 4.78 is 38.4. The van der Waals surface area contributed by atoms with Gasteiger partial charge in [-0.25, -0.2) is 8.78 Å². The molecule has 0 bridgehead atoms. The van der Waals surface area contributed by atoms with Crippen molar-refractivity contribution in [2.45, 2.75) is 6.42 Å². The Morgan fingerprint density at radius 1 is 1.21 bits per heavy atom. The molecule has 146 valence electrons. The maximum Gasteiger partial charge on any atom is 0.256 e. The molecule has 0 aromatic heterocycles. The number of amides is 1. The highest BCUT2D eigenvalue weighted by Crippen LogP contribution is 2.29. The Morgan fingerprint density at radius 2 is 2.00 bits per heavy atom. The molecule has 1 amide bonds. The first-order chi connectivity index (χ1) is 13.4. The third-order valence-electron chi connectivity index (χ3n) is 4.78. The van der Waals surface area contributed by atoms with E-state index in [0.717, 1.165) is 6.07 Å². The molecular formula is C20H16ClF2NO4. The fourth-order valence-corrected chi connectivity index (χ4v) is 3.37. The minimum Gasteiger partial charge on any atom is -0.493 e.